The molecule has 0 aliphatic rings. The van der Waals surface area contributed by atoms with Crippen LogP contribution in [0.2, 0.25) is 0 Å². The fourth-order valence-electron chi connectivity index (χ4n) is 1.38. The summed E-state index contributed by atoms with van der Waals surface area (Å²) in [4.78, 5) is 13.0. The lowest BCUT2D eigenvalue weighted by atomic mass is 10.3. The zero-order chi connectivity index (χ0) is 11.7. The molecular formula is C10H11N5S. The highest BCUT2D eigenvalue weighted by Crippen LogP contribution is 2.07. The summed E-state index contributed by atoms with van der Waals surface area (Å²) >= 11 is 4.91. The molecule has 0 amide bonds. The molecule has 82 valence electrons. The monoisotopic (exact) mass is 233 g/mol. The van der Waals surface area contributed by atoms with Gasteiger partial charge in [-0.25, -0.2) is 15.0 Å². The molecule has 0 spiro atoms. The van der Waals surface area contributed by atoms with Gasteiger partial charge in [0.1, 0.15) is 16.5 Å². The van der Waals surface area contributed by atoms with Crippen LogP contribution in [0, 0.1) is 13.8 Å². The summed E-state index contributed by atoms with van der Waals surface area (Å²) in [5.74, 6) is 1.36. The smallest absolute Gasteiger partial charge is 0.235 e. The third-order valence-electron chi connectivity index (χ3n) is 2.14. The first kappa shape index (κ1) is 10.7. The predicted octanol–water partition coefficient (Wildman–Crippen LogP) is 0.913. The minimum Gasteiger partial charge on any atom is -0.388 e. The van der Waals surface area contributed by atoms with E-state index in [9.17, 15) is 0 Å². The zero-order valence-electron chi connectivity index (χ0n) is 9.01. The number of aromatic nitrogens is 4. The molecule has 0 aliphatic heterocycles. The molecule has 0 radical (unpaired) electrons. The predicted molar refractivity (Wildman–Crippen MR) is 64.5 cm³/mol. The second-order valence-electron chi connectivity index (χ2n) is 3.40. The van der Waals surface area contributed by atoms with Gasteiger partial charge in [-0.2, -0.15) is 0 Å². The number of hydrogen-bond donors (Lipinski definition) is 1. The maximum absolute atomic E-state index is 5.56. The quantitative estimate of drug-likeness (QED) is 0.781. The summed E-state index contributed by atoms with van der Waals surface area (Å²) in [6, 6.07) is 1.76. The summed E-state index contributed by atoms with van der Waals surface area (Å²) in [5.41, 5.74) is 6.95. The van der Waals surface area contributed by atoms with Crippen LogP contribution < -0.4 is 5.73 Å². The molecule has 2 N–H and O–H groups in total. The standard InChI is InChI=1S/C10H11N5S/c1-6-5-8(9(11)16)14-10(13-6)15-4-3-12-7(15)2/h3-5H,1-2H3,(H2,11,16). The maximum atomic E-state index is 5.56. The van der Waals surface area contributed by atoms with Gasteiger partial charge in [0, 0.05) is 18.1 Å². The van der Waals surface area contributed by atoms with Crippen LogP contribution in [0.25, 0.3) is 5.95 Å². The van der Waals surface area contributed by atoms with Crippen LogP contribution in [-0.4, -0.2) is 24.5 Å². The largest absolute Gasteiger partial charge is 0.388 e. The highest BCUT2D eigenvalue weighted by molar-refractivity contribution is 7.80. The Morgan fingerprint density at radius 2 is 2.12 bits per heavy atom. The molecule has 0 saturated carbocycles. The molecule has 0 saturated heterocycles. The van der Waals surface area contributed by atoms with Gasteiger partial charge in [-0.05, 0) is 19.9 Å². The lowest BCUT2D eigenvalue weighted by molar-refractivity contribution is 0.869. The Hall–Kier alpha value is -1.82. The van der Waals surface area contributed by atoms with E-state index in [1.807, 2.05) is 13.8 Å². The van der Waals surface area contributed by atoms with Crippen LogP contribution in [0.3, 0.4) is 0 Å². The van der Waals surface area contributed by atoms with E-state index < -0.39 is 0 Å². The number of thiocarbonyl (C=S) groups is 1. The van der Waals surface area contributed by atoms with Crippen LogP contribution in [0.1, 0.15) is 17.2 Å². The van der Waals surface area contributed by atoms with Gasteiger partial charge in [0.25, 0.3) is 0 Å². The van der Waals surface area contributed by atoms with Crippen molar-refractivity contribution in [2.75, 3.05) is 0 Å². The van der Waals surface area contributed by atoms with E-state index in [0.29, 0.717) is 11.6 Å². The van der Waals surface area contributed by atoms with Crippen LogP contribution in [0.4, 0.5) is 0 Å². The molecular weight excluding hydrogens is 222 g/mol. The third-order valence-corrected chi connectivity index (χ3v) is 2.35. The van der Waals surface area contributed by atoms with Gasteiger partial charge < -0.3 is 5.73 Å². The molecule has 0 aliphatic carbocycles. The van der Waals surface area contributed by atoms with Crippen molar-refractivity contribution in [3.05, 3.63) is 35.7 Å². The summed E-state index contributed by atoms with van der Waals surface area (Å²) in [6.45, 7) is 3.76. The van der Waals surface area contributed by atoms with Gasteiger partial charge in [-0.3, -0.25) is 4.57 Å². The van der Waals surface area contributed by atoms with Gasteiger partial charge in [0.05, 0.1) is 0 Å². The Balaban J connectivity index is 2.58. The van der Waals surface area contributed by atoms with Gasteiger partial charge >= 0.3 is 0 Å². The minimum absolute atomic E-state index is 0.268. The van der Waals surface area contributed by atoms with Crippen LogP contribution >= 0.6 is 12.2 Å². The first-order chi connectivity index (χ1) is 7.58. The molecule has 2 aromatic rings. The van der Waals surface area contributed by atoms with E-state index in [0.717, 1.165) is 11.5 Å². The van der Waals surface area contributed by atoms with Gasteiger partial charge in [-0.15, -0.1) is 0 Å². The Bertz CT molecular complexity index is 546. The fourth-order valence-corrected chi connectivity index (χ4v) is 1.48. The molecule has 0 unspecified atom stereocenters. The van der Waals surface area contributed by atoms with E-state index in [1.165, 1.54) is 0 Å². The lowest BCUT2D eigenvalue weighted by Crippen LogP contribution is -2.15. The Kier molecular flexibility index (Phi) is 2.66. The molecule has 5 nitrogen and oxygen atoms in total. The lowest BCUT2D eigenvalue weighted by Gasteiger charge is -2.06. The highest BCUT2D eigenvalue weighted by atomic mass is 32.1. The average molecular weight is 233 g/mol. The first-order valence-electron chi connectivity index (χ1n) is 4.74. The minimum atomic E-state index is 0.268. The van der Waals surface area contributed by atoms with Gasteiger partial charge in [0.15, 0.2) is 0 Å². The van der Waals surface area contributed by atoms with E-state index in [1.54, 1.807) is 23.0 Å². The number of hydrogen-bond acceptors (Lipinski definition) is 4. The van der Waals surface area contributed by atoms with Gasteiger partial charge in [0.2, 0.25) is 5.95 Å². The van der Waals surface area contributed by atoms with Crippen molar-refractivity contribution >= 4 is 17.2 Å². The summed E-state index contributed by atoms with van der Waals surface area (Å²) < 4.78 is 1.79. The van der Waals surface area contributed by atoms with Crippen LogP contribution in [-0.2, 0) is 0 Å². The molecule has 0 bridgehead atoms. The normalized spacial score (nSPS) is 10.4. The molecule has 0 aromatic carbocycles. The molecule has 2 heterocycles. The molecule has 2 aromatic heterocycles. The van der Waals surface area contributed by atoms with Crippen molar-refractivity contribution in [1.82, 2.24) is 19.5 Å². The Labute approximate surface area is 98.4 Å². The SMILES string of the molecule is Cc1cc(C(N)=S)nc(-n2ccnc2C)n1. The summed E-state index contributed by atoms with van der Waals surface area (Å²) in [7, 11) is 0. The van der Waals surface area contributed by atoms with Crippen molar-refractivity contribution in [2.45, 2.75) is 13.8 Å². The number of nitrogens with two attached hydrogens (primary N) is 1. The topological polar surface area (TPSA) is 69.6 Å². The number of aryl methyl sites for hydroxylation is 2. The second kappa shape index (κ2) is 3.97. The average Bonchev–Trinajstić information content (AvgIpc) is 2.63. The number of rotatable bonds is 2. The Morgan fingerprint density at radius 1 is 1.38 bits per heavy atom. The van der Waals surface area contributed by atoms with E-state index in [-0.39, 0.29) is 4.99 Å². The van der Waals surface area contributed by atoms with Crippen molar-refractivity contribution < 1.29 is 0 Å². The highest BCUT2D eigenvalue weighted by Gasteiger charge is 2.07. The van der Waals surface area contributed by atoms with E-state index >= 15 is 0 Å². The van der Waals surface area contributed by atoms with E-state index in [4.69, 9.17) is 18.0 Å². The fraction of sp³-hybridized carbons (Fsp3) is 0.200. The molecule has 0 atom stereocenters. The second-order valence-corrected chi connectivity index (χ2v) is 3.84. The molecule has 0 fully saturated rings. The van der Waals surface area contributed by atoms with Crippen LogP contribution in [0.15, 0.2) is 18.5 Å². The third kappa shape index (κ3) is 1.92. The van der Waals surface area contributed by atoms with Gasteiger partial charge in [-0.1, -0.05) is 12.2 Å². The first-order valence-corrected chi connectivity index (χ1v) is 5.14. The van der Waals surface area contributed by atoms with E-state index in [2.05, 4.69) is 15.0 Å². The van der Waals surface area contributed by atoms with Crippen molar-refractivity contribution in [1.29, 1.82) is 0 Å². The van der Waals surface area contributed by atoms with Crippen molar-refractivity contribution in [3.63, 3.8) is 0 Å². The van der Waals surface area contributed by atoms with Crippen molar-refractivity contribution in [3.8, 4) is 5.95 Å². The molecule has 2 rings (SSSR count). The number of nitrogens with zero attached hydrogens (tertiary/aromatic N) is 4. The zero-order valence-corrected chi connectivity index (χ0v) is 9.82. The summed E-state index contributed by atoms with van der Waals surface area (Å²) in [5, 5.41) is 0. The maximum Gasteiger partial charge on any atom is 0.235 e. The summed E-state index contributed by atoms with van der Waals surface area (Å²) in [6.07, 6.45) is 3.49. The Morgan fingerprint density at radius 3 is 2.69 bits per heavy atom. The molecule has 16 heavy (non-hydrogen) atoms. The number of imidazole rings is 1. The van der Waals surface area contributed by atoms with Crippen LogP contribution in [0.5, 0.6) is 0 Å². The molecule has 6 heteroatoms. The van der Waals surface area contributed by atoms with Crippen molar-refractivity contribution in [2.24, 2.45) is 5.73 Å².